The highest BCUT2D eigenvalue weighted by Crippen LogP contribution is 2.20. The van der Waals surface area contributed by atoms with Gasteiger partial charge in [-0.25, -0.2) is 0 Å². The van der Waals surface area contributed by atoms with E-state index in [-0.39, 0.29) is 5.91 Å². The second kappa shape index (κ2) is 8.19. The molecule has 1 aromatic carbocycles. The van der Waals surface area contributed by atoms with Crippen molar-refractivity contribution in [3.05, 3.63) is 29.8 Å². The number of guanidine groups is 1. The van der Waals surface area contributed by atoms with Gasteiger partial charge in [-0.1, -0.05) is 26.0 Å². The summed E-state index contributed by atoms with van der Waals surface area (Å²) in [7, 11) is 0. The van der Waals surface area contributed by atoms with Crippen LogP contribution in [0.25, 0.3) is 0 Å². The van der Waals surface area contributed by atoms with Crippen molar-refractivity contribution in [3.8, 4) is 0 Å². The molecule has 0 aliphatic rings. The molecular weight excluding hydrogens is 252 g/mol. The van der Waals surface area contributed by atoms with Crippen LogP contribution in [0.2, 0.25) is 0 Å². The molecule has 1 rings (SSSR count). The molecule has 0 aliphatic heterocycles. The number of carbonyl (C=O) groups is 1. The van der Waals surface area contributed by atoms with Gasteiger partial charge in [0.1, 0.15) is 0 Å². The molecule has 1 aromatic rings. The van der Waals surface area contributed by atoms with Crippen LogP contribution in [0.15, 0.2) is 29.3 Å². The Labute approximate surface area is 120 Å². The van der Waals surface area contributed by atoms with Crippen LogP contribution in [0, 0.1) is 0 Å². The summed E-state index contributed by atoms with van der Waals surface area (Å²) < 4.78 is 0. The zero-order valence-electron chi connectivity index (χ0n) is 12.4. The first-order chi connectivity index (χ1) is 9.52. The maximum absolute atomic E-state index is 10.7. The van der Waals surface area contributed by atoms with Crippen molar-refractivity contribution in [3.63, 3.8) is 0 Å². The number of nitrogens with one attached hydrogen (secondary N) is 2. The van der Waals surface area contributed by atoms with E-state index < -0.39 is 0 Å². The predicted molar refractivity (Wildman–Crippen MR) is 83.9 cm³/mol. The summed E-state index contributed by atoms with van der Waals surface area (Å²) >= 11 is 0. The van der Waals surface area contributed by atoms with E-state index in [1.807, 2.05) is 12.1 Å². The molecule has 0 aliphatic carbocycles. The van der Waals surface area contributed by atoms with Gasteiger partial charge >= 0.3 is 0 Å². The summed E-state index contributed by atoms with van der Waals surface area (Å²) in [6.45, 7) is 6.81. The molecule has 5 heteroatoms. The van der Waals surface area contributed by atoms with Crippen LogP contribution in [-0.2, 0) is 4.79 Å². The average molecular weight is 276 g/mol. The normalized spacial score (nSPS) is 12.8. The molecule has 0 spiro atoms. The van der Waals surface area contributed by atoms with Gasteiger partial charge in [0, 0.05) is 19.2 Å². The number of rotatable bonds is 6. The Bertz CT molecular complexity index is 453. The third kappa shape index (κ3) is 5.73. The molecule has 110 valence electrons. The van der Waals surface area contributed by atoms with Gasteiger partial charge in [-0.3, -0.25) is 9.79 Å². The maximum atomic E-state index is 10.7. The first kappa shape index (κ1) is 16.0. The zero-order valence-corrected chi connectivity index (χ0v) is 12.4. The van der Waals surface area contributed by atoms with Crippen LogP contribution < -0.4 is 16.4 Å². The van der Waals surface area contributed by atoms with Gasteiger partial charge in [-0.15, -0.1) is 0 Å². The number of amides is 1. The topological polar surface area (TPSA) is 79.5 Å². The Balaban J connectivity index is 2.47. The molecule has 0 heterocycles. The first-order valence-corrected chi connectivity index (χ1v) is 6.94. The van der Waals surface area contributed by atoms with Crippen LogP contribution in [0.1, 0.15) is 38.7 Å². The van der Waals surface area contributed by atoms with E-state index in [4.69, 9.17) is 5.73 Å². The minimum atomic E-state index is -0.0626. The predicted octanol–water partition coefficient (Wildman–Crippen LogP) is 2.06. The van der Waals surface area contributed by atoms with Gasteiger partial charge in [0.2, 0.25) is 5.91 Å². The molecule has 0 radical (unpaired) electrons. The second-order valence-corrected chi connectivity index (χ2v) is 4.81. The van der Waals surface area contributed by atoms with Gasteiger partial charge in [0.05, 0.1) is 6.54 Å². The summed E-state index contributed by atoms with van der Waals surface area (Å²) in [4.78, 5) is 14.8. The monoisotopic (exact) mass is 276 g/mol. The van der Waals surface area contributed by atoms with Crippen molar-refractivity contribution in [1.29, 1.82) is 0 Å². The minimum Gasteiger partial charge on any atom is -0.370 e. The molecule has 20 heavy (non-hydrogen) atoms. The summed E-state index contributed by atoms with van der Waals surface area (Å²) in [6.07, 6.45) is 1.12. The highest BCUT2D eigenvalue weighted by atomic mass is 16.1. The lowest BCUT2D eigenvalue weighted by Crippen LogP contribution is -2.26. The Hall–Kier alpha value is -2.04. The SMILES string of the molecule is CCC(C)c1ccc(NC(N)=NCCNC(C)=O)cc1. The van der Waals surface area contributed by atoms with Crippen molar-refractivity contribution in [1.82, 2.24) is 5.32 Å². The summed E-state index contributed by atoms with van der Waals surface area (Å²) in [5, 5.41) is 5.69. The molecule has 1 amide bonds. The number of hydrogen-bond acceptors (Lipinski definition) is 2. The number of hydrogen-bond donors (Lipinski definition) is 3. The van der Waals surface area contributed by atoms with Crippen molar-refractivity contribution in [2.75, 3.05) is 18.4 Å². The van der Waals surface area contributed by atoms with Crippen LogP contribution in [0.3, 0.4) is 0 Å². The van der Waals surface area contributed by atoms with E-state index >= 15 is 0 Å². The van der Waals surface area contributed by atoms with Gasteiger partial charge in [-0.05, 0) is 30.0 Å². The first-order valence-electron chi connectivity index (χ1n) is 6.94. The van der Waals surface area contributed by atoms with E-state index in [9.17, 15) is 4.79 Å². The largest absolute Gasteiger partial charge is 0.370 e. The molecule has 1 atom stereocenters. The number of anilines is 1. The smallest absolute Gasteiger partial charge is 0.216 e. The summed E-state index contributed by atoms with van der Waals surface area (Å²) in [5.74, 6) is 0.853. The number of nitrogens with zero attached hydrogens (tertiary/aromatic N) is 1. The van der Waals surface area contributed by atoms with Gasteiger partial charge in [0.15, 0.2) is 5.96 Å². The molecule has 0 bridgehead atoms. The van der Waals surface area contributed by atoms with E-state index in [2.05, 4.69) is 41.6 Å². The van der Waals surface area contributed by atoms with Gasteiger partial charge in [-0.2, -0.15) is 0 Å². The van der Waals surface area contributed by atoms with Crippen LogP contribution in [-0.4, -0.2) is 25.0 Å². The van der Waals surface area contributed by atoms with Crippen LogP contribution in [0.4, 0.5) is 5.69 Å². The lowest BCUT2D eigenvalue weighted by atomic mass is 9.99. The maximum Gasteiger partial charge on any atom is 0.216 e. The fourth-order valence-electron chi connectivity index (χ4n) is 1.73. The molecule has 0 fully saturated rings. The van der Waals surface area contributed by atoms with E-state index in [1.165, 1.54) is 12.5 Å². The molecule has 4 N–H and O–H groups in total. The highest BCUT2D eigenvalue weighted by Gasteiger charge is 2.02. The van der Waals surface area contributed by atoms with E-state index in [0.717, 1.165) is 12.1 Å². The summed E-state index contributed by atoms with van der Waals surface area (Å²) in [6, 6.07) is 8.19. The molecular formula is C15H24N4O. The van der Waals surface area contributed by atoms with Crippen molar-refractivity contribution >= 4 is 17.6 Å². The van der Waals surface area contributed by atoms with Crippen molar-refractivity contribution in [2.45, 2.75) is 33.1 Å². The lowest BCUT2D eigenvalue weighted by Gasteiger charge is -2.10. The van der Waals surface area contributed by atoms with Crippen LogP contribution in [0.5, 0.6) is 0 Å². The number of nitrogens with two attached hydrogens (primary N) is 1. The average Bonchev–Trinajstić information content (AvgIpc) is 2.43. The van der Waals surface area contributed by atoms with E-state index in [1.54, 1.807) is 0 Å². The highest BCUT2D eigenvalue weighted by molar-refractivity contribution is 5.92. The third-order valence-corrected chi connectivity index (χ3v) is 3.13. The van der Waals surface area contributed by atoms with Crippen molar-refractivity contribution < 1.29 is 4.79 Å². The Morgan fingerprint density at radius 1 is 1.35 bits per heavy atom. The fourth-order valence-corrected chi connectivity index (χ4v) is 1.73. The zero-order chi connectivity index (χ0) is 15.0. The quantitative estimate of drug-likeness (QED) is 0.423. The standard InChI is InChI=1S/C15H24N4O/c1-4-11(2)13-5-7-14(8-6-13)19-15(16)18-10-9-17-12(3)20/h5-8,11H,4,9-10H2,1-3H3,(H,17,20)(H3,16,18,19). The van der Waals surface area contributed by atoms with Crippen molar-refractivity contribution in [2.24, 2.45) is 10.7 Å². The molecule has 0 saturated heterocycles. The number of benzene rings is 1. The van der Waals surface area contributed by atoms with E-state index in [0.29, 0.717) is 25.0 Å². The van der Waals surface area contributed by atoms with Gasteiger partial charge < -0.3 is 16.4 Å². The Kier molecular flexibility index (Phi) is 6.56. The Morgan fingerprint density at radius 3 is 2.55 bits per heavy atom. The molecule has 0 aromatic heterocycles. The molecule has 0 saturated carbocycles. The number of carbonyl (C=O) groups excluding carboxylic acids is 1. The Morgan fingerprint density at radius 2 is 2.00 bits per heavy atom. The lowest BCUT2D eigenvalue weighted by molar-refractivity contribution is -0.118. The molecule has 1 unspecified atom stereocenters. The third-order valence-electron chi connectivity index (χ3n) is 3.13. The fraction of sp³-hybridized carbons (Fsp3) is 0.467. The number of aliphatic imine (C=N–C) groups is 1. The summed E-state index contributed by atoms with van der Waals surface area (Å²) in [5.41, 5.74) is 8.01. The van der Waals surface area contributed by atoms with Crippen LogP contribution >= 0.6 is 0 Å². The van der Waals surface area contributed by atoms with Gasteiger partial charge in [0.25, 0.3) is 0 Å². The minimum absolute atomic E-state index is 0.0626. The molecule has 5 nitrogen and oxygen atoms in total. The second-order valence-electron chi connectivity index (χ2n) is 4.81.